The van der Waals surface area contributed by atoms with Crippen LogP contribution in [0.5, 0.6) is 0 Å². The zero-order valence-corrected chi connectivity index (χ0v) is 15.6. The number of carboxylic acids is 1. The number of aliphatic carboxylic acids is 1. The Labute approximate surface area is 154 Å². The minimum Gasteiger partial charge on any atom is -0.480 e. The number of amides is 1. The van der Waals surface area contributed by atoms with Crippen LogP contribution >= 0.6 is 0 Å². The van der Waals surface area contributed by atoms with E-state index in [1.807, 2.05) is 0 Å². The molecule has 1 saturated heterocycles. The molecule has 0 radical (unpaired) electrons. The molecule has 1 aliphatic rings. The average molecular weight is 363 g/mol. The average Bonchev–Trinajstić information content (AvgIpc) is 2.61. The standard InChI is InChI=1S/C20H29NO5/c1-14(2)16-8-6-15(7-9-16)4-3-5-19(22)21-17-12-25-11-10-18(17)26-13-20(23)24/h6-9,14,17-18H,3-5,10-13H2,1-2H3,(H,21,22)(H,23,24)/t17-,18+/m1/s1. The molecule has 1 heterocycles. The van der Waals surface area contributed by atoms with Crippen LogP contribution < -0.4 is 5.32 Å². The zero-order valence-electron chi connectivity index (χ0n) is 15.6. The maximum absolute atomic E-state index is 12.2. The van der Waals surface area contributed by atoms with E-state index in [1.165, 1.54) is 11.1 Å². The summed E-state index contributed by atoms with van der Waals surface area (Å²) in [7, 11) is 0. The molecule has 2 atom stereocenters. The topological polar surface area (TPSA) is 84.9 Å². The molecular weight excluding hydrogens is 334 g/mol. The van der Waals surface area contributed by atoms with Crippen LogP contribution in [-0.4, -0.2) is 48.9 Å². The number of aryl methyl sites for hydroxylation is 1. The summed E-state index contributed by atoms with van der Waals surface area (Å²) in [6.45, 7) is 4.85. The minimum atomic E-state index is -1.01. The first-order chi connectivity index (χ1) is 12.5. The Bertz CT molecular complexity index is 584. The predicted molar refractivity (Wildman–Crippen MR) is 98.2 cm³/mol. The van der Waals surface area contributed by atoms with E-state index in [-0.39, 0.29) is 24.7 Å². The van der Waals surface area contributed by atoms with Gasteiger partial charge in [0.05, 0.1) is 18.8 Å². The van der Waals surface area contributed by atoms with Gasteiger partial charge in [0.2, 0.25) is 5.91 Å². The Morgan fingerprint density at radius 1 is 1.31 bits per heavy atom. The second kappa shape index (κ2) is 10.3. The summed E-state index contributed by atoms with van der Waals surface area (Å²) in [5.74, 6) is -0.544. The van der Waals surface area contributed by atoms with Gasteiger partial charge in [-0.3, -0.25) is 4.79 Å². The molecule has 1 aromatic rings. The molecule has 0 aliphatic carbocycles. The van der Waals surface area contributed by atoms with Crippen molar-refractivity contribution in [1.29, 1.82) is 0 Å². The van der Waals surface area contributed by atoms with E-state index in [0.29, 0.717) is 32.0 Å². The lowest BCUT2D eigenvalue weighted by Gasteiger charge is -2.31. The highest BCUT2D eigenvalue weighted by Crippen LogP contribution is 2.16. The number of nitrogens with one attached hydrogen (secondary N) is 1. The van der Waals surface area contributed by atoms with Gasteiger partial charge in [0, 0.05) is 13.0 Å². The Balaban J connectivity index is 1.73. The predicted octanol–water partition coefficient (Wildman–Crippen LogP) is 2.51. The second-order valence-electron chi connectivity index (χ2n) is 7.03. The van der Waals surface area contributed by atoms with Crippen LogP contribution in [0.25, 0.3) is 0 Å². The third-order valence-electron chi connectivity index (χ3n) is 4.58. The van der Waals surface area contributed by atoms with Gasteiger partial charge in [-0.1, -0.05) is 38.1 Å². The van der Waals surface area contributed by atoms with Crippen molar-refractivity contribution in [2.75, 3.05) is 19.8 Å². The maximum Gasteiger partial charge on any atom is 0.329 e. The summed E-state index contributed by atoms with van der Waals surface area (Å²) in [5.41, 5.74) is 2.54. The van der Waals surface area contributed by atoms with Gasteiger partial charge in [0.1, 0.15) is 6.61 Å². The third kappa shape index (κ3) is 6.77. The van der Waals surface area contributed by atoms with Gasteiger partial charge in [-0.05, 0) is 36.3 Å². The molecule has 1 amide bonds. The fraction of sp³-hybridized carbons (Fsp3) is 0.600. The lowest BCUT2D eigenvalue weighted by molar-refractivity contribution is -0.148. The Morgan fingerprint density at radius 2 is 2.04 bits per heavy atom. The summed E-state index contributed by atoms with van der Waals surface area (Å²) in [5, 5.41) is 11.7. The number of hydrogen-bond donors (Lipinski definition) is 2. The second-order valence-corrected chi connectivity index (χ2v) is 7.03. The number of ether oxygens (including phenoxy) is 2. The first-order valence-electron chi connectivity index (χ1n) is 9.25. The molecule has 0 bridgehead atoms. The maximum atomic E-state index is 12.2. The number of rotatable bonds is 9. The van der Waals surface area contributed by atoms with Crippen LogP contribution in [0.2, 0.25) is 0 Å². The Morgan fingerprint density at radius 3 is 2.69 bits per heavy atom. The van der Waals surface area contributed by atoms with Crippen LogP contribution in [0.15, 0.2) is 24.3 Å². The van der Waals surface area contributed by atoms with E-state index < -0.39 is 5.97 Å². The fourth-order valence-electron chi connectivity index (χ4n) is 3.03. The van der Waals surface area contributed by atoms with E-state index in [2.05, 4.69) is 43.4 Å². The van der Waals surface area contributed by atoms with Crippen LogP contribution in [0, 0.1) is 0 Å². The van der Waals surface area contributed by atoms with Crippen molar-refractivity contribution < 1.29 is 24.2 Å². The van der Waals surface area contributed by atoms with Crippen LogP contribution in [0.3, 0.4) is 0 Å². The first kappa shape index (κ1) is 20.4. The van der Waals surface area contributed by atoms with Gasteiger partial charge in [-0.25, -0.2) is 4.79 Å². The highest BCUT2D eigenvalue weighted by atomic mass is 16.5. The molecule has 0 unspecified atom stereocenters. The number of carbonyl (C=O) groups excluding carboxylic acids is 1. The zero-order chi connectivity index (χ0) is 18.9. The lowest BCUT2D eigenvalue weighted by atomic mass is 10.00. The molecule has 2 rings (SSSR count). The molecule has 0 spiro atoms. The molecule has 1 aliphatic heterocycles. The van der Waals surface area contributed by atoms with Gasteiger partial charge >= 0.3 is 5.97 Å². The molecule has 0 aromatic heterocycles. The van der Waals surface area contributed by atoms with Gasteiger partial charge < -0.3 is 19.9 Å². The van der Waals surface area contributed by atoms with Crippen LogP contribution in [0.1, 0.15) is 50.2 Å². The molecule has 1 fully saturated rings. The molecule has 6 nitrogen and oxygen atoms in total. The Kier molecular flexibility index (Phi) is 8.06. The van der Waals surface area contributed by atoms with Gasteiger partial charge in [0.25, 0.3) is 0 Å². The van der Waals surface area contributed by atoms with Gasteiger partial charge in [0.15, 0.2) is 0 Å². The third-order valence-corrected chi connectivity index (χ3v) is 4.58. The molecule has 2 N–H and O–H groups in total. The highest BCUT2D eigenvalue weighted by molar-refractivity contribution is 5.76. The monoisotopic (exact) mass is 363 g/mol. The number of carbonyl (C=O) groups is 2. The molecule has 1 aromatic carbocycles. The van der Waals surface area contributed by atoms with E-state index in [4.69, 9.17) is 14.6 Å². The highest BCUT2D eigenvalue weighted by Gasteiger charge is 2.28. The summed E-state index contributed by atoms with van der Waals surface area (Å²) in [6.07, 6.45) is 2.31. The van der Waals surface area contributed by atoms with Crippen molar-refractivity contribution in [3.63, 3.8) is 0 Å². The van der Waals surface area contributed by atoms with Gasteiger partial charge in [-0.2, -0.15) is 0 Å². The fourth-order valence-corrected chi connectivity index (χ4v) is 3.03. The summed E-state index contributed by atoms with van der Waals surface area (Å²) >= 11 is 0. The quantitative estimate of drug-likeness (QED) is 0.704. The van der Waals surface area contributed by atoms with Crippen molar-refractivity contribution in [2.24, 2.45) is 0 Å². The van der Waals surface area contributed by atoms with E-state index in [0.717, 1.165) is 12.8 Å². The normalized spacial score (nSPS) is 20.1. The van der Waals surface area contributed by atoms with Crippen molar-refractivity contribution in [1.82, 2.24) is 5.32 Å². The molecule has 6 heteroatoms. The van der Waals surface area contributed by atoms with Crippen LogP contribution in [-0.2, 0) is 25.5 Å². The summed E-state index contributed by atoms with van der Waals surface area (Å²) < 4.78 is 10.7. The number of benzene rings is 1. The van der Waals surface area contributed by atoms with Gasteiger partial charge in [-0.15, -0.1) is 0 Å². The molecule has 0 saturated carbocycles. The van der Waals surface area contributed by atoms with Crippen molar-refractivity contribution in [3.8, 4) is 0 Å². The number of hydrogen-bond acceptors (Lipinski definition) is 4. The largest absolute Gasteiger partial charge is 0.480 e. The Hall–Kier alpha value is -1.92. The number of carboxylic acid groups (broad SMARTS) is 1. The van der Waals surface area contributed by atoms with Crippen LogP contribution in [0.4, 0.5) is 0 Å². The minimum absolute atomic E-state index is 0.0526. The van der Waals surface area contributed by atoms with E-state index in [1.54, 1.807) is 0 Å². The smallest absolute Gasteiger partial charge is 0.329 e. The van der Waals surface area contributed by atoms with Crippen molar-refractivity contribution in [3.05, 3.63) is 35.4 Å². The van der Waals surface area contributed by atoms with Crippen molar-refractivity contribution >= 4 is 11.9 Å². The summed E-state index contributed by atoms with van der Waals surface area (Å²) in [4.78, 5) is 22.9. The lowest BCUT2D eigenvalue weighted by Crippen LogP contribution is -2.50. The molecule has 144 valence electrons. The van der Waals surface area contributed by atoms with E-state index in [9.17, 15) is 9.59 Å². The van der Waals surface area contributed by atoms with E-state index >= 15 is 0 Å². The van der Waals surface area contributed by atoms with Crippen molar-refractivity contribution in [2.45, 2.75) is 57.6 Å². The molecular formula is C20H29NO5. The SMILES string of the molecule is CC(C)c1ccc(CCCC(=O)N[C@@H]2COCC[C@@H]2OCC(=O)O)cc1. The first-order valence-corrected chi connectivity index (χ1v) is 9.25. The summed E-state index contributed by atoms with van der Waals surface area (Å²) in [6, 6.07) is 8.24. The molecule has 26 heavy (non-hydrogen) atoms.